The van der Waals surface area contributed by atoms with Crippen LogP contribution in [0.25, 0.3) is 10.9 Å². The van der Waals surface area contributed by atoms with Crippen LogP contribution in [-0.2, 0) is 11.2 Å². The molecule has 0 aliphatic rings. The number of hydrogen-bond acceptors (Lipinski definition) is 2. The lowest BCUT2D eigenvalue weighted by molar-refractivity contribution is -0.122. The van der Waals surface area contributed by atoms with Crippen molar-refractivity contribution in [1.29, 1.82) is 0 Å². The van der Waals surface area contributed by atoms with E-state index >= 15 is 0 Å². The Kier molecular flexibility index (Phi) is 6.66. The Labute approximate surface area is 138 Å². The largest absolute Gasteiger partial charge is 0.361 e. The summed E-state index contributed by atoms with van der Waals surface area (Å²) in [5.74, 6) is 0.504. The van der Waals surface area contributed by atoms with Crippen molar-refractivity contribution >= 4 is 16.8 Å². The third-order valence-corrected chi connectivity index (χ3v) is 4.56. The van der Waals surface area contributed by atoms with Crippen LogP contribution in [0.4, 0.5) is 0 Å². The van der Waals surface area contributed by atoms with Gasteiger partial charge >= 0.3 is 0 Å². The van der Waals surface area contributed by atoms with Gasteiger partial charge in [0.15, 0.2) is 0 Å². The summed E-state index contributed by atoms with van der Waals surface area (Å²) in [6.45, 7) is 5.11. The van der Waals surface area contributed by atoms with Gasteiger partial charge in [0.1, 0.15) is 0 Å². The van der Waals surface area contributed by atoms with E-state index in [1.165, 1.54) is 19.3 Å². The first-order valence-corrected chi connectivity index (χ1v) is 8.74. The molecule has 0 aliphatic heterocycles. The summed E-state index contributed by atoms with van der Waals surface area (Å²) in [7, 11) is 0. The zero-order chi connectivity index (χ0) is 16.7. The lowest BCUT2D eigenvalue weighted by Crippen LogP contribution is -2.43. The predicted molar refractivity (Wildman–Crippen MR) is 96.3 cm³/mol. The van der Waals surface area contributed by atoms with Crippen LogP contribution in [0, 0.1) is 5.92 Å². The van der Waals surface area contributed by atoms with Gasteiger partial charge in [0.05, 0.1) is 6.04 Å². The van der Waals surface area contributed by atoms with E-state index in [1.807, 2.05) is 24.4 Å². The number of fused-ring (bicyclic) bond motifs is 1. The Hall–Kier alpha value is -1.81. The zero-order valence-corrected chi connectivity index (χ0v) is 14.3. The molecular weight excluding hydrogens is 286 g/mol. The van der Waals surface area contributed by atoms with Crippen LogP contribution >= 0.6 is 0 Å². The first kappa shape index (κ1) is 17.5. The minimum absolute atomic E-state index is 0.0507. The number of carbonyl (C=O) groups excluding carboxylic acids is 1. The highest BCUT2D eigenvalue weighted by Gasteiger charge is 2.17. The van der Waals surface area contributed by atoms with Gasteiger partial charge in [-0.1, -0.05) is 51.3 Å². The number of aromatic nitrogens is 1. The number of hydrogen-bond donors (Lipinski definition) is 3. The van der Waals surface area contributed by atoms with Crippen LogP contribution < -0.4 is 11.1 Å². The lowest BCUT2D eigenvalue weighted by atomic mass is 9.99. The van der Waals surface area contributed by atoms with Gasteiger partial charge in [-0.05, 0) is 30.4 Å². The van der Waals surface area contributed by atoms with Gasteiger partial charge in [0.25, 0.3) is 0 Å². The van der Waals surface area contributed by atoms with E-state index in [4.69, 9.17) is 5.73 Å². The Bertz CT molecular complexity index is 620. The summed E-state index contributed by atoms with van der Waals surface area (Å²) < 4.78 is 0. The summed E-state index contributed by atoms with van der Waals surface area (Å²) in [6.07, 6.45) is 7.19. The smallest absolute Gasteiger partial charge is 0.237 e. The third kappa shape index (κ3) is 4.83. The van der Waals surface area contributed by atoms with Crippen LogP contribution in [-0.4, -0.2) is 23.5 Å². The minimum Gasteiger partial charge on any atom is -0.361 e. The molecule has 0 spiro atoms. The topological polar surface area (TPSA) is 70.9 Å². The van der Waals surface area contributed by atoms with Crippen molar-refractivity contribution in [2.24, 2.45) is 11.7 Å². The Balaban J connectivity index is 1.87. The van der Waals surface area contributed by atoms with Crippen LogP contribution in [0.2, 0.25) is 0 Å². The number of nitrogens with one attached hydrogen (secondary N) is 2. The second-order valence-corrected chi connectivity index (χ2v) is 6.33. The summed E-state index contributed by atoms with van der Waals surface area (Å²) in [6, 6.07) is 7.59. The molecule has 0 saturated carbocycles. The molecule has 4 heteroatoms. The molecule has 23 heavy (non-hydrogen) atoms. The Morgan fingerprint density at radius 3 is 2.83 bits per heavy atom. The molecule has 2 atom stereocenters. The fourth-order valence-corrected chi connectivity index (χ4v) is 2.95. The number of H-pyrrole nitrogens is 1. The number of para-hydroxylation sites is 1. The Morgan fingerprint density at radius 2 is 2.09 bits per heavy atom. The molecule has 1 aromatic heterocycles. The number of unbranched alkanes of at least 4 members (excludes halogenated alkanes) is 1. The standard InChI is InChI=1S/C19H29N3O/c1-3-5-8-14(4-2)12-22-19(23)17(20)11-15-13-21-18-10-7-6-9-16(15)18/h6-7,9-10,13-14,17,21H,3-5,8,11-12,20H2,1-2H3,(H,22,23)/t14?,17-/m1/s1. The summed E-state index contributed by atoms with van der Waals surface area (Å²) in [4.78, 5) is 15.5. The molecule has 1 amide bonds. The van der Waals surface area contributed by atoms with Crippen LogP contribution in [0.3, 0.4) is 0 Å². The lowest BCUT2D eigenvalue weighted by Gasteiger charge is -2.17. The molecule has 4 N–H and O–H groups in total. The maximum atomic E-state index is 12.3. The van der Waals surface area contributed by atoms with E-state index in [9.17, 15) is 4.79 Å². The molecular formula is C19H29N3O. The van der Waals surface area contributed by atoms with E-state index < -0.39 is 6.04 Å². The van der Waals surface area contributed by atoms with Gasteiger partial charge in [-0.3, -0.25) is 4.79 Å². The Morgan fingerprint density at radius 1 is 1.30 bits per heavy atom. The highest BCUT2D eigenvalue weighted by Crippen LogP contribution is 2.18. The first-order chi connectivity index (χ1) is 11.2. The van der Waals surface area contributed by atoms with E-state index in [1.54, 1.807) is 0 Å². The second kappa shape index (κ2) is 8.73. The quantitative estimate of drug-likeness (QED) is 0.664. The normalized spacial score (nSPS) is 13.9. The molecule has 0 aliphatic carbocycles. The van der Waals surface area contributed by atoms with Crippen molar-refractivity contribution in [3.8, 4) is 0 Å². The number of rotatable bonds is 9. The summed E-state index contributed by atoms with van der Waals surface area (Å²) in [5, 5.41) is 4.17. The van der Waals surface area contributed by atoms with Crippen molar-refractivity contribution in [3.05, 3.63) is 36.0 Å². The summed E-state index contributed by atoms with van der Waals surface area (Å²) in [5.41, 5.74) is 8.28. The number of amides is 1. The average molecular weight is 315 g/mol. The van der Waals surface area contributed by atoms with Crippen molar-refractivity contribution in [1.82, 2.24) is 10.3 Å². The molecule has 126 valence electrons. The van der Waals surface area contributed by atoms with Crippen LogP contribution in [0.15, 0.2) is 30.5 Å². The first-order valence-electron chi connectivity index (χ1n) is 8.74. The van der Waals surface area contributed by atoms with E-state index in [2.05, 4.69) is 30.2 Å². The molecule has 0 bridgehead atoms. The van der Waals surface area contributed by atoms with E-state index in [0.717, 1.165) is 29.4 Å². The van der Waals surface area contributed by atoms with E-state index in [0.29, 0.717) is 12.3 Å². The van der Waals surface area contributed by atoms with Gasteiger partial charge in [0, 0.05) is 23.6 Å². The van der Waals surface area contributed by atoms with Crippen molar-refractivity contribution in [2.75, 3.05) is 6.54 Å². The third-order valence-electron chi connectivity index (χ3n) is 4.56. The molecule has 0 radical (unpaired) electrons. The monoisotopic (exact) mass is 315 g/mol. The fraction of sp³-hybridized carbons (Fsp3) is 0.526. The molecule has 1 aromatic carbocycles. The molecule has 0 saturated heterocycles. The number of benzene rings is 1. The molecule has 2 aromatic rings. The number of aromatic amines is 1. The van der Waals surface area contributed by atoms with Gasteiger partial charge in [-0.2, -0.15) is 0 Å². The van der Waals surface area contributed by atoms with Crippen molar-refractivity contribution in [2.45, 2.75) is 52.0 Å². The molecule has 0 fully saturated rings. The van der Waals surface area contributed by atoms with E-state index in [-0.39, 0.29) is 5.91 Å². The second-order valence-electron chi connectivity index (χ2n) is 6.33. The van der Waals surface area contributed by atoms with Crippen LogP contribution in [0.1, 0.15) is 45.1 Å². The van der Waals surface area contributed by atoms with Crippen molar-refractivity contribution in [3.63, 3.8) is 0 Å². The average Bonchev–Trinajstić information content (AvgIpc) is 2.98. The fourth-order valence-electron chi connectivity index (χ4n) is 2.95. The molecule has 4 nitrogen and oxygen atoms in total. The van der Waals surface area contributed by atoms with Gasteiger partial charge in [0.2, 0.25) is 5.91 Å². The molecule has 2 rings (SSSR count). The van der Waals surface area contributed by atoms with Crippen molar-refractivity contribution < 1.29 is 4.79 Å². The highest BCUT2D eigenvalue weighted by molar-refractivity contribution is 5.86. The molecule has 1 heterocycles. The minimum atomic E-state index is -0.502. The maximum absolute atomic E-state index is 12.3. The van der Waals surface area contributed by atoms with Gasteiger partial charge < -0.3 is 16.0 Å². The zero-order valence-electron chi connectivity index (χ0n) is 14.3. The van der Waals surface area contributed by atoms with Crippen LogP contribution in [0.5, 0.6) is 0 Å². The van der Waals surface area contributed by atoms with Gasteiger partial charge in [-0.15, -0.1) is 0 Å². The van der Waals surface area contributed by atoms with Gasteiger partial charge in [-0.25, -0.2) is 0 Å². The number of carbonyl (C=O) groups is 1. The SMILES string of the molecule is CCCCC(CC)CNC(=O)[C@H](N)Cc1c[nH]c2ccccc12. The predicted octanol–water partition coefficient (Wildman–Crippen LogP) is 3.37. The molecule has 1 unspecified atom stereocenters. The summed E-state index contributed by atoms with van der Waals surface area (Å²) >= 11 is 0. The highest BCUT2D eigenvalue weighted by atomic mass is 16.2. The maximum Gasteiger partial charge on any atom is 0.237 e. The number of nitrogens with two attached hydrogens (primary N) is 1.